The third-order valence-corrected chi connectivity index (χ3v) is 5.26. The molecule has 0 aromatic heterocycles. The fourth-order valence-electron chi connectivity index (χ4n) is 1.61. The van der Waals surface area contributed by atoms with E-state index in [1.165, 1.54) is 12.1 Å². The van der Waals surface area contributed by atoms with Crippen molar-refractivity contribution in [2.24, 2.45) is 0 Å². The van der Waals surface area contributed by atoms with Gasteiger partial charge < -0.3 is 5.32 Å². The predicted molar refractivity (Wildman–Crippen MR) is 77.7 cm³/mol. The van der Waals surface area contributed by atoms with Gasteiger partial charge in [-0.05, 0) is 25.0 Å². The number of benzene rings is 1. The molecule has 2 N–H and O–H groups in total. The first-order chi connectivity index (χ1) is 8.90. The van der Waals surface area contributed by atoms with Crippen LogP contribution in [0.3, 0.4) is 0 Å². The highest BCUT2D eigenvalue weighted by atomic mass is 35.5. The lowest BCUT2D eigenvalue weighted by Crippen LogP contribution is -2.33. The van der Waals surface area contributed by atoms with Crippen LogP contribution in [-0.2, 0) is 10.0 Å². The van der Waals surface area contributed by atoms with Crippen LogP contribution < -0.4 is 10.0 Å². The monoisotopic (exact) mass is 342 g/mol. The Bertz CT molecular complexity index is 550. The summed E-state index contributed by atoms with van der Waals surface area (Å²) in [6.45, 7) is 0.862. The Morgan fingerprint density at radius 1 is 1.11 bits per heavy atom. The zero-order valence-electron chi connectivity index (χ0n) is 9.92. The molecule has 1 aromatic rings. The van der Waals surface area contributed by atoms with E-state index in [-0.39, 0.29) is 21.5 Å². The van der Waals surface area contributed by atoms with Gasteiger partial charge in [-0.2, -0.15) is 0 Å². The molecule has 1 aromatic carbocycles. The molecule has 0 heterocycles. The van der Waals surface area contributed by atoms with Gasteiger partial charge in [0.15, 0.2) is 0 Å². The molecule has 0 saturated heterocycles. The van der Waals surface area contributed by atoms with Gasteiger partial charge in [0.05, 0.1) is 10.0 Å². The van der Waals surface area contributed by atoms with E-state index < -0.39 is 10.0 Å². The Labute approximate surface area is 127 Å². The standard InChI is InChI=1S/C11H13Cl3N2O2S/c12-7-5-9(13)11(10(14)6-7)19(17,18)16-4-3-15-8-1-2-8/h5-6,8,15-16H,1-4H2. The van der Waals surface area contributed by atoms with Crippen molar-refractivity contribution in [2.75, 3.05) is 13.1 Å². The van der Waals surface area contributed by atoms with Crippen LogP contribution in [0.25, 0.3) is 0 Å². The third-order valence-electron chi connectivity index (χ3n) is 2.66. The van der Waals surface area contributed by atoms with Crippen molar-refractivity contribution in [3.63, 3.8) is 0 Å². The number of hydrogen-bond donors (Lipinski definition) is 2. The van der Waals surface area contributed by atoms with Gasteiger partial charge >= 0.3 is 0 Å². The molecule has 0 spiro atoms. The summed E-state index contributed by atoms with van der Waals surface area (Å²) in [5.74, 6) is 0. The van der Waals surface area contributed by atoms with Crippen molar-refractivity contribution in [2.45, 2.75) is 23.8 Å². The van der Waals surface area contributed by atoms with Crippen LogP contribution in [0.5, 0.6) is 0 Å². The van der Waals surface area contributed by atoms with Gasteiger partial charge in [-0.25, -0.2) is 13.1 Å². The largest absolute Gasteiger partial charge is 0.313 e. The van der Waals surface area contributed by atoms with Gasteiger partial charge in [0.2, 0.25) is 10.0 Å². The molecule has 0 radical (unpaired) electrons. The minimum atomic E-state index is -3.73. The van der Waals surface area contributed by atoms with Crippen LogP contribution in [0, 0.1) is 0 Å². The third kappa shape index (κ3) is 4.21. The molecule has 0 atom stereocenters. The summed E-state index contributed by atoms with van der Waals surface area (Å²) >= 11 is 17.5. The topological polar surface area (TPSA) is 58.2 Å². The van der Waals surface area contributed by atoms with E-state index in [0.717, 1.165) is 12.8 Å². The van der Waals surface area contributed by atoms with Crippen LogP contribution in [0.15, 0.2) is 17.0 Å². The van der Waals surface area contributed by atoms with Gasteiger partial charge in [-0.1, -0.05) is 34.8 Å². The number of sulfonamides is 1. The molecule has 1 aliphatic rings. The van der Waals surface area contributed by atoms with Crippen molar-refractivity contribution < 1.29 is 8.42 Å². The molecule has 1 fully saturated rings. The molecule has 1 aliphatic carbocycles. The lowest BCUT2D eigenvalue weighted by atomic mass is 10.4. The highest BCUT2D eigenvalue weighted by Crippen LogP contribution is 2.32. The summed E-state index contributed by atoms with van der Waals surface area (Å²) in [6.07, 6.45) is 2.31. The fourth-order valence-corrected chi connectivity index (χ4v) is 4.18. The first-order valence-corrected chi connectivity index (χ1v) is 8.39. The van der Waals surface area contributed by atoms with Gasteiger partial charge in [0.1, 0.15) is 4.90 Å². The van der Waals surface area contributed by atoms with E-state index in [9.17, 15) is 8.42 Å². The van der Waals surface area contributed by atoms with E-state index >= 15 is 0 Å². The molecule has 8 heteroatoms. The average molecular weight is 344 g/mol. The lowest BCUT2D eigenvalue weighted by molar-refractivity contribution is 0.575. The summed E-state index contributed by atoms with van der Waals surface area (Å²) in [4.78, 5) is -0.133. The normalized spacial score (nSPS) is 15.7. The summed E-state index contributed by atoms with van der Waals surface area (Å²) in [7, 11) is -3.73. The van der Waals surface area contributed by atoms with E-state index in [4.69, 9.17) is 34.8 Å². The lowest BCUT2D eigenvalue weighted by Gasteiger charge is -2.10. The summed E-state index contributed by atoms with van der Waals surface area (Å²) in [5.41, 5.74) is 0. The number of halogens is 3. The van der Waals surface area contributed by atoms with Crippen molar-refractivity contribution >= 4 is 44.8 Å². The van der Waals surface area contributed by atoms with E-state index in [1.807, 2.05) is 0 Å². The molecule has 0 unspecified atom stereocenters. The van der Waals surface area contributed by atoms with E-state index in [0.29, 0.717) is 17.6 Å². The molecule has 106 valence electrons. The maximum Gasteiger partial charge on any atom is 0.243 e. The Balaban J connectivity index is 2.05. The minimum absolute atomic E-state index is 0.0140. The first-order valence-electron chi connectivity index (χ1n) is 5.78. The number of hydrogen-bond acceptors (Lipinski definition) is 3. The van der Waals surface area contributed by atoms with Crippen LogP contribution in [0.1, 0.15) is 12.8 Å². The second-order valence-electron chi connectivity index (χ2n) is 4.32. The number of nitrogens with one attached hydrogen (secondary N) is 2. The van der Waals surface area contributed by atoms with Crippen molar-refractivity contribution in [1.82, 2.24) is 10.0 Å². The van der Waals surface area contributed by atoms with Gasteiger partial charge in [-0.15, -0.1) is 0 Å². The molecule has 4 nitrogen and oxygen atoms in total. The quantitative estimate of drug-likeness (QED) is 0.781. The fraction of sp³-hybridized carbons (Fsp3) is 0.455. The molecular formula is C11H13Cl3N2O2S. The van der Waals surface area contributed by atoms with E-state index in [2.05, 4.69) is 10.0 Å². The maximum atomic E-state index is 12.1. The van der Waals surface area contributed by atoms with Gasteiger partial charge in [0, 0.05) is 24.2 Å². The average Bonchev–Trinajstić information content (AvgIpc) is 3.06. The van der Waals surface area contributed by atoms with E-state index in [1.54, 1.807) is 0 Å². The SMILES string of the molecule is O=S(=O)(NCCNC1CC1)c1c(Cl)cc(Cl)cc1Cl. The Morgan fingerprint density at radius 3 is 2.21 bits per heavy atom. The van der Waals surface area contributed by atoms with Crippen LogP contribution in [0.2, 0.25) is 15.1 Å². The van der Waals surface area contributed by atoms with Crippen molar-refractivity contribution in [1.29, 1.82) is 0 Å². The second kappa shape index (κ2) is 6.16. The minimum Gasteiger partial charge on any atom is -0.313 e. The highest BCUT2D eigenvalue weighted by Gasteiger charge is 2.23. The Kier molecular flexibility index (Phi) is 4.98. The zero-order valence-corrected chi connectivity index (χ0v) is 13.0. The predicted octanol–water partition coefficient (Wildman–Crippen LogP) is 2.68. The second-order valence-corrected chi connectivity index (χ2v) is 7.28. The molecular weight excluding hydrogens is 331 g/mol. The summed E-state index contributed by atoms with van der Waals surface area (Å²) in [5, 5.41) is 3.53. The Morgan fingerprint density at radius 2 is 1.68 bits per heavy atom. The summed E-state index contributed by atoms with van der Waals surface area (Å²) < 4.78 is 26.6. The molecule has 1 saturated carbocycles. The molecule has 0 aliphatic heterocycles. The van der Waals surface area contributed by atoms with Crippen LogP contribution in [-0.4, -0.2) is 27.5 Å². The zero-order chi connectivity index (χ0) is 14.0. The molecule has 2 rings (SSSR count). The van der Waals surface area contributed by atoms with Gasteiger partial charge in [0.25, 0.3) is 0 Å². The highest BCUT2D eigenvalue weighted by molar-refractivity contribution is 7.89. The summed E-state index contributed by atoms with van der Waals surface area (Å²) in [6, 6.07) is 3.24. The first kappa shape index (κ1) is 15.4. The van der Waals surface area contributed by atoms with Crippen LogP contribution >= 0.6 is 34.8 Å². The van der Waals surface area contributed by atoms with Crippen LogP contribution in [0.4, 0.5) is 0 Å². The van der Waals surface area contributed by atoms with Gasteiger partial charge in [-0.3, -0.25) is 0 Å². The molecule has 0 bridgehead atoms. The van der Waals surface area contributed by atoms with Crippen molar-refractivity contribution in [3.05, 3.63) is 27.2 Å². The number of rotatable bonds is 6. The maximum absolute atomic E-state index is 12.1. The smallest absolute Gasteiger partial charge is 0.243 e. The molecule has 0 amide bonds. The van der Waals surface area contributed by atoms with Crippen molar-refractivity contribution in [3.8, 4) is 0 Å². The molecule has 19 heavy (non-hydrogen) atoms. The Hall–Kier alpha value is -0.0400.